The van der Waals surface area contributed by atoms with Crippen LogP contribution in [0.2, 0.25) is 0 Å². The summed E-state index contributed by atoms with van der Waals surface area (Å²) in [6, 6.07) is 5.63. The summed E-state index contributed by atoms with van der Waals surface area (Å²) in [5.41, 5.74) is 0.652. The molecule has 1 N–H and O–H groups in total. The van der Waals surface area contributed by atoms with Crippen LogP contribution in [-0.2, 0) is 6.54 Å². The number of aromatic nitrogens is 3. The van der Waals surface area contributed by atoms with Crippen molar-refractivity contribution in [2.24, 2.45) is 5.92 Å². The monoisotopic (exact) mass is 339 g/mol. The Morgan fingerprint density at radius 1 is 1.36 bits per heavy atom. The van der Waals surface area contributed by atoms with Gasteiger partial charge >= 0.3 is 0 Å². The lowest BCUT2D eigenvalue weighted by Gasteiger charge is -2.32. The number of anilines is 1. The molecule has 6 heteroatoms. The second kappa shape index (κ2) is 8.46. The first-order chi connectivity index (χ1) is 12.3. The van der Waals surface area contributed by atoms with Crippen molar-refractivity contribution in [1.82, 2.24) is 19.7 Å². The van der Waals surface area contributed by atoms with E-state index in [2.05, 4.69) is 22.0 Å². The fraction of sp³-hybridized carbons (Fsp3) is 0.421. The number of hydrogen-bond acceptors (Lipinski definition) is 4. The van der Waals surface area contributed by atoms with Crippen LogP contribution in [0.15, 0.2) is 49.4 Å². The fourth-order valence-corrected chi connectivity index (χ4v) is 3.16. The van der Waals surface area contributed by atoms with Gasteiger partial charge in [0.05, 0.1) is 5.56 Å². The Labute approximate surface area is 148 Å². The molecular formula is C19H25N5O. The van der Waals surface area contributed by atoms with Crippen LogP contribution >= 0.6 is 0 Å². The summed E-state index contributed by atoms with van der Waals surface area (Å²) in [4.78, 5) is 18.8. The van der Waals surface area contributed by atoms with Crippen LogP contribution in [0.4, 0.5) is 5.82 Å². The summed E-state index contributed by atoms with van der Waals surface area (Å²) in [5.74, 6) is 1.50. The van der Waals surface area contributed by atoms with Gasteiger partial charge in [-0.25, -0.2) is 4.98 Å². The Balaban J connectivity index is 1.46. The minimum Gasteiger partial charge on any atom is -0.367 e. The molecule has 2 aromatic heterocycles. The summed E-state index contributed by atoms with van der Waals surface area (Å²) in [6.07, 6.45) is 10.5. The van der Waals surface area contributed by atoms with Crippen molar-refractivity contribution >= 4 is 11.7 Å². The Hall–Kier alpha value is -2.63. The number of aryl methyl sites for hydroxylation is 1. The van der Waals surface area contributed by atoms with Gasteiger partial charge < -0.3 is 10.2 Å². The molecule has 0 saturated carbocycles. The Bertz CT molecular complexity index is 672. The van der Waals surface area contributed by atoms with Crippen LogP contribution in [0.1, 0.15) is 29.6 Å². The number of pyridine rings is 1. The maximum atomic E-state index is 12.6. The zero-order valence-corrected chi connectivity index (χ0v) is 14.5. The van der Waals surface area contributed by atoms with Gasteiger partial charge in [0.1, 0.15) is 5.82 Å². The molecule has 0 atom stereocenters. The molecule has 0 unspecified atom stereocenters. The van der Waals surface area contributed by atoms with Crippen molar-refractivity contribution in [3.8, 4) is 0 Å². The van der Waals surface area contributed by atoms with Gasteiger partial charge in [0, 0.05) is 44.8 Å². The first-order valence-electron chi connectivity index (χ1n) is 8.84. The van der Waals surface area contributed by atoms with E-state index in [9.17, 15) is 4.79 Å². The third-order valence-electron chi connectivity index (χ3n) is 4.67. The average Bonchev–Trinajstić information content (AvgIpc) is 3.19. The maximum absolute atomic E-state index is 12.6. The predicted octanol–water partition coefficient (Wildman–Crippen LogP) is 2.82. The molecule has 0 aromatic carbocycles. The molecule has 2 aromatic rings. The van der Waals surface area contributed by atoms with Crippen molar-refractivity contribution < 1.29 is 4.79 Å². The van der Waals surface area contributed by atoms with Gasteiger partial charge in [-0.15, -0.1) is 6.58 Å². The van der Waals surface area contributed by atoms with Crippen LogP contribution in [0, 0.1) is 5.92 Å². The summed E-state index contributed by atoms with van der Waals surface area (Å²) in [5, 5.41) is 7.35. The molecule has 0 bridgehead atoms. The molecule has 1 saturated heterocycles. The van der Waals surface area contributed by atoms with E-state index >= 15 is 0 Å². The molecule has 3 heterocycles. The van der Waals surface area contributed by atoms with Gasteiger partial charge in [-0.1, -0.05) is 6.08 Å². The summed E-state index contributed by atoms with van der Waals surface area (Å²) < 4.78 is 1.98. The first-order valence-corrected chi connectivity index (χ1v) is 8.84. The molecule has 1 amide bonds. The summed E-state index contributed by atoms with van der Waals surface area (Å²) >= 11 is 0. The molecule has 0 spiro atoms. The van der Waals surface area contributed by atoms with Crippen LogP contribution in [0.5, 0.6) is 0 Å². The third kappa shape index (κ3) is 4.68. The highest BCUT2D eigenvalue weighted by atomic mass is 16.2. The molecule has 0 radical (unpaired) electrons. The average molecular weight is 339 g/mol. The van der Waals surface area contributed by atoms with Crippen LogP contribution in [-0.4, -0.2) is 45.2 Å². The van der Waals surface area contributed by atoms with Crippen molar-refractivity contribution in [2.75, 3.05) is 25.0 Å². The van der Waals surface area contributed by atoms with E-state index in [1.54, 1.807) is 12.3 Å². The lowest BCUT2D eigenvalue weighted by atomic mass is 9.93. The summed E-state index contributed by atoms with van der Waals surface area (Å²) in [6.45, 7) is 6.91. The second-order valence-corrected chi connectivity index (χ2v) is 6.40. The minimum absolute atomic E-state index is 0.0771. The Morgan fingerprint density at radius 2 is 2.20 bits per heavy atom. The van der Waals surface area contributed by atoms with E-state index in [-0.39, 0.29) is 5.91 Å². The van der Waals surface area contributed by atoms with Gasteiger partial charge in [-0.05, 0) is 43.4 Å². The fourth-order valence-electron chi connectivity index (χ4n) is 3.16. The van der Waals surface area contributed by atoms with Gasteiger partial charge in [0.15, 0.2) is 0 Å². The normalized spacial score (nSPS) is 15.1. The van der Waals surface area contributed by atoms with Crippen molar-refractivity contribution in [1.29, 1.82) is 0 Å². The van der Waals surface area contributed by atoms with Crippen molar-refractivity contribution in [3.63, 3.8) is 0 Å². The molecule has 1 aliphatic rings. The highest BCUT2D eigenvalue weighted by molar-refractivity contribution is 5.94. The maximum Gasteiger partial charge on any atom is 0.255 e. The number of carbonyl (C=O) groups excluding carboxylic acids is 1. The number of rotatable bonds is 7. The number of nitrogens with one attached hydrogen (secondary N) is 1. The van der Waals surface area contributed by atoms with Crippen molar-refractivity contribution in [3.05, 3.63) is 55.0 Å². The lowest BCUT2D eigenvalue weighted by Crippen LogP contribution is -2.38. The second-order valence-electron chi connectivity index (χ2n) is 6.40. The SMILES string of the molecule is C=CCNc1ccc(C(=O)N2CCC(CCn3cccn3)CC2)cn1. The van der Waals surface area contributed by atoms with E-state index in [1.165, 1.54) is 0 Å². The molecule has 3 rings (SSSR count). The molecule has 1 aliphatic heterocycles. The van der Waals surface area contributed by atoms with Crippen LogP contribution < -0.4 is 5.32 Å². The molecule has 132 valence electrons. The number of hydrogen-bond donors (Lipinski definition) is 1. The van der Waals surface area contributed by atoms with E-state index in [1.807, 2.05) is 40.2 Å². The number of piperidine rings is 1. The molecular weight excluding hydrogens is 314 g/mol. The zero-order chi connectivity index (χ0) is 17.5. The van der Waals surface area contributed by atoms with Crippen LogP contribution in [0.25, 0.3) is 0 Å². The van der Waals surface area contributed by atoms with E-state index in [0.29, 0.717) is 18.0 Å². The molecule has 25 heavy (non-hydrogen) atoms. The predicted molar refractivity (Wildman–Crippen MR) is 98.4 cm³/mol. The Kier molecular flexibility index (Phi) is 5.82. The van der Waals surface area contributed by atoms with Gasteiger partial charge in [-0.2, -0.15) is 5.10 Å². The topological polar surface area (TPSA) is 63.1 Å². The molecule has 0 aliphatic carbocycles. The van der Waals surface area contributed by atoms with Gasteiger partial charge in [-0.3, -0.25) is 9.48 Å². The quantitative estimate of drug-likeness (QED) is 0.788. The van der Waals surface area contributed by atoms with E-state index < -0.39 is 0 Å². The number of amides is 1. The summed E-state index contributed by atoms with van der Waals surface area (Å²) in [7, 11) is 0. The molecule has 1 fully saturated rings. The largest absolute Gasteiger partial charge is 0.367 e. The van der Waals surface area contributed by atoms with Crippen LogP contribution in [0.3, 0.4) is 0 Å². The molecule has 6 nitrogen and oxygen atoms in total. The smallest absolute Gasteiger partial charge is 0.255 e. The highest BCUT2D eigenvalue weighted by Gasteiger charge is 2.23. The van der Waals surface area contributed by atoms with E-state index in [0.717, 1.165) is 44.7 Å². The first kappa shape index (κ1) is 17.2. The number of likely N-dealkylation sites (tertiary alicyclic amines) is 1. The van der Waals surface area contributed by atoms with Crippen molar-refractivity contribution in [2.45, 2.75) is 25.8 Å². The number of carbonyl (C=O) groups is 1. The third-order valence-corrected chi connectivity index (χ3v) is 4.67. The zero-order valence-electron chi connectivity index (χ0n) is 14.5. The van der Waals surface area contributed by atoms with Gasteiger partial charge in [0.25, 0.3) is 5.91 Å². The standard InChI is InChI=1S/C19H25N5O/c1-2-9-20-18-5-4-17(15-21-18)19(25)23-12-6-16(7-13-23)8-14-24-11-3-10-22-24/h2-5,10-11,15-16H,1,6-9,12-14H2,(H,20,21). The lowest BCUT2D eigenvalue weighted by molar-refractivity contribution is 0.0684. The van der Waals surface area contributed by atoms with E-state index in [4.69, 9.17) is 0 Å². The Morgan fingerprint density at radius 3 is 2.84 bits per heavy atom. The van der Waals surface area contributed by atoms with Gasteiger partial charge in [0.2, 0.25) is 0 Å². The highest BCUT2D eigenvalue weighted by Crippen LogP contribution is 2.22. The number of nitrogens with zero attached hydrogens (tertiary/aromatic N) is 4. The minimum atomic E-state index is 0.0771.